The third kappa shape index (κ3) is 3.06. The molecular formula is C16H20N2O4. The summed E-state index contributed by atoms with van der Waals surface area (Å²) in [5.74, 6) is 0.643. The van der Waals surface area contributed by atoms with Gasteiger partial charge in [-0.25, -0.2) is 0 Å². The topological polar surface area (TPSA) is 67.9 Å². The molecule has 1 aromatic rings. The zero-order valence-electron chi connectivity index (χ0n) is 12.6. The molecule has 2 unspecified atom stereocenters. The van der Waals surface area contributed by atoms with Crippen molar-refractivity contribution in [3.63, 3.8) is 0 Å². The van der Waals surface area contributed by atoms with Crippen LogP contribution in [0.5, 0.6) is 5.75 Å². The lowest BCUT2D eigenvalue weighted by atomic mass is 10.1. The van der Waals surface area contributed by atoms with Crippen molar-refractivity contribution in [1.29, 1.82) is 0 Å². The molecule has 0 saturated carbocycles. The monoisotopic (exact) mass is 304 g/mol. The van der Waals surface area contributed by atoms with Crippen LogP contribution in [-0.4, -0.2) is 44.2 Å². The summed E-state index contributed by atoms with van der Waals surface area (Å²) >= 11 is 0. The van der Waals surface area contributed by atoms with Crippen LogP contribution in [-0.2, 0) is 14.3 Å². The van der Waals surface area contributed by atoms with E-state index in [9.17, 15) is 9.59 Å². The smallest absolute Gasteiger partial charge is 0.268 e. The lowest BCUT2D eigenvalue weighted by Crippen LogP contribution is -2.49. The lowest BCUT2D eigenvalue weighted by molar-refractivity contribution is -0.128. The fraction of sp³-hybridized carbons (Fsp3) is 0.500. The molecule has 2 amide bonds. The van der Waals surface area contributed by atoms with Crippen LogP contribution >= 0.6 is 0 Å². The Morgan fingerprint density at radius 1 is 1.41 bits per heavy atom. The van der Waals surface area contributed by atoms with E-state index in [0.717, 1.165) is 13.0 Å². The highest BCUT2D eigenvalue weighted by atomic mass is 16.5. The molecule has 1 saturated heterocycles. The lowest BCUT2D eigenvalue weighted by Gasteiger charge is -2.32. The van der Waals surface area contributed by atoms with Crippen LogP contribution in [0.3, 0.4) is 0 Å². The number of hydrogen-bond donors (Lipinski definition) is 1. The Kier molecular flexibility index (Phi) is 4.29. The first-order valence-corrected chi connectivity index (χ1v) is 7.56. The van der Waals surface area contributed by atoms with Crippen molar-refractivity contribution in [2.24, 2.45) is 5.92 Å². The maximum Gasteiger partial charge on any atom is 0.268 e. The van der Waals surface area contributed by atoms with Gasteiger partial charge in [0.15, 0.2) is 6.10 Å². The molecule has 118 valence electrons. The number of rotatable bonds is 4. The van der Waals surface area contributed by atoms with Crippen molar-refractivity contribution in [3.8, 4) is 5.75 Å². The minimum absolute atomic E-state index is 0.0110. The standard InChI is InChI=1S/C16H20N2O4/c1-11-16(20)18(13-4-2-3-5-14(13)22-11)9-15(19)17-8-12-6-7-21-10-12/h2-5,11-12H,6-10H2,1H3,(H,17,19). The number of carbonyl (C=O) groups is 2. The van der Waals surface area contributed by atoms with Gasteiger partial charge in [-0.15, -0.1) is 0 Å². The Morgan fingerprint density at radius 2 is 2.23 bits per heavy atom. The Hall–Kier alpha value is -2.08. The van der Waals surface area contributed by atoms with Crippen molar-refractivity contribution in [3.05, 3.63) is 24.3 Å². The molecular weight excluding hydrogens is 284 g/mol. The van der Waals surface area contributed by atoms with Crippen LogP contribution in [0.2, 0.25) is 0 Å². The molecule has 2 aliphatic rings. The van der Waals surface area contributed by atoms with E-state index < -0.39 is 6.10 Å². The normalized spacial score (nSPS) is 23.9. The van der Waals surface area contributed by atoms with Gasteiger partial charge in [0.25, 0.3) is 5.91 Å². The first-order valence-electron chi connectivity index (χ1n) is 7.56. The highest BCUT2D eigenvalue weighted by molar-refractivity contribution is 6.03. The number of hydrogen-bond acceptors (Lipinski definition) is 4. The Morgan fingerprint density at radius 3 is 3.00 bits per heavy atom. The van der Waals surface area contributed by atoms with Crippen LogP contribution in [0.1, 0.15) is 13.3 Å². The maximum atomic E-state index is 12.3. The van der Waals surface area contributed by atoms with Crippen molar-refractivity contribution in [2.45, 2.75) is 19.4 Å². The molecule has 1 N–H and O–H groups in total. The van der Waals surface area contributed by atoms with E-state index in [2.05, 4.69) is 5.32 Å². The molecule has 2 atom stereocenters. The van der Waals surface area contributed by atoms with Gasteiger partial charge in [-0.2, -0.15) is 0 Å². The average Bonchev–Trinajstić information content (AvgIpc) is 3.03. The highest BCUT2D eigenvalue weighted by Gasteiger charge is 2.32. The molecule has 1 fully saturated rings. The summed E-state index contributed by atoms with van der Waals surface area (Å²) in [5, 5.41) is 2.88. The number of benzene rings is 1. The predicted octanol–water partition coefficient (Wildman–Crippen LogP) is 0.953. The van der Waals surface area contributed by atoms with Gasteiger partial charge < -0.3 is 14.8 Å². The van der Waals surface area contributed by atoms with Gasteiger partial charge in [0.1, 0.15) is 12.3 Å². The van der Waals surface area contributed by atoms with E-state index >= 15 is 0 Å². The maximum absolute atomic E-state index is 12.3. The van der Waals surface area contributed by atoms with Gasteiger partial charge in [-0.3, -0.25) is 14.5 Å². The second kappa shape index (κ2) is 6.36. The fourth-order valence-corrected chi connectivity index (χ4v) is 2.72. The van der Waals surface area contributed by atoms with Crippen molar-refractivity contribution in [1.82, 2.24) is 5.32 Å². The van der Waals surface area contributed by atoms with Crippen molar-refractivity contribution >= 4 is 17.5 Å². The Balaban J connectivity index is 1.65. The van der Waals surface area contributed by atoms with E-state index in [0.29, 0.717) is 30.5 Å². The zero-order chi connectivity index (χ0) is 15.5. The molecule has 0 aromatic heterocycles. The third-order valence-electron chi connectivity index (χ3n) is 3.99. The number of anilines is 1. The highest BCUT2D eigenvalue weighted by Crippen LogP contribution is 2.33. The number of fused-ring (bicyclic) bond motifs is 1. The van der Waals surface area contributed by atoms with Crippen LogP contribution in [0, 0.1) is 5.92 Å². The molecule has 0 spiro atoms. The molecule has 6 nitrogen and oxygen atoms in total. The second-order valence-corrected chi connectivity index (χ2v) is 5.69. The predicted molar refractivity (Wildman–Crippen MR) is 80.8 cm³/mol. The Bertz CT molecular complexity index is 569. The first-order chi connectivity index (χ1) is 10.6. The molecule has 0 bridgehead atoms. The average molecular weight is 304 g/mol. The van der Waals surface area contributed by atoms with E-state index in [-0.39, 0.29) is 18.4 Å². The van der Waals surface area contributed by atoms with E-state index in [1.165, 1.54) is 4.90 Å². The van der Waals surface area contributed by atoms with Gasteiger partial charge in [0, 0.05) is 19.1 Å². The molecule has 3 rings (SSSR count). The molecule has 2 heterocycles. The summed E-state index contributed by atoms with van der Waals surface area (Å²) in [5.41, 5.74) is 0.643. The summed E-state index contributed by atoms with van der Waals surface area (Å²) in [7, 11) is 0. The summed E-state index contributed by atoms with van der Waals surface area (Å²) in [4.78, 5) is 25.9. The van der Waals surface area contributed by atoms with Crippen LogP contribution < -0.4 is 15.0 Å². The van der Waals surface area contributed by atoms with Crippen LogP contribution in [0.4, 0.5) is 5.69 Å². The van der Waals surface area contributed by atoms with Crippen molar-refractivity contribution < 1.29 is 19.1 Å². The van der Waals surface area contributed by atoms with E-state index in [4.69, 9.17) is 9.47 Å². The molecule has 2 aliphatic heterocycles. The number of amides is 2. The number of nitrogens with zero attached hydrogens (tertiary/aromatic N) is 1. The van der Waals surface area contributed by atoms with Crippen LogP contribution in [0.15, 0.2) is 24.3 Å². The van der Waals surface area contributed by atoms with Gasteiger partial charge in [-0.05, 0) is 25.5 Å². The van der Waals surface area contributed by atoms with Gasteiger partial charge in [-0.1, -0.05) is 12.1 Å². The second-order valence-electron chi connectivity index (χ2n) is 5.69. The minimum Gasteiger partial charge on any atom is -0.479 e. The summed E-state index contributed by atoms with van der Waals surface area (Å²) in [6, 6.07) is 7.27. The number of ether oxygens (including phenoxy) is 2. The molecule has 1 aromatic carbocycles. The zero-order valence-corrected chi connectivity index (χ0v) is 12.6. The molecule has 0 aliphatic carbocycles. The number of para-hydroxylation sites is 2. The summed E-state index contributed by atoms with van der Waals surface area (Å²) in [6.07, 6.45) is 0.391. The third-order valence-corrected chi connectivity index (χ3v) is 3.99. The summed E-state index contributed by atoms with van der Waals surface area (Å²) in [6.45, 7) is 3.74. The first kappa shape index (κ1) is 14.8. The van der Waals surface area contributed by atoms with E-state index in [1.807, 2.05) is 12.1 Å². The van der Waals surface area contributed by atoms with Gasteiger partial charge in [0.05, 0.1) is 12.3 Å². The fourth-order valence-electron chi connectivity index (χ4n) is 2.72. The van der Waals surface area contributed by atoms with Crippen molar-refractivity contribution in [2.75, 3.05) is 31.2 Å². The van der Waals surface area contributed by atoms with Gasteiger partial charge >= 0.3 is 0 Å². The van der Waals surface area contributed by atoms with Gasteiger partial charge in [0.2, 0.25) is 5.91 Å². The molecule has 22 heavy (non-hydrogen) atoms. The minimum atomic E-state index is -0.578. The quantitative estimate of drug-likeness (QED) is 0.899. The number of carbonyl (C=O) groups excluding carboxylic acids is 2. The van der Waals surface area contributed by atoms with E-state index in [1.54, 1.807) is 19.1 Å². The number of nitrogens with one attached hydrogen (secondary N) is 1. The summed E-state index contributed by atoms with van der Waals surface area (Å²) < 4.78 is 10.8. The largest absolute Gasteiger partial charge is 0.479 e. The Labute approximate surface area is 129 Å². The van der Waals surface area contributed by atoms with Crippen LogP contribution in [0.25, 0.3) is 0 Å². The molecule has 6 heteroatoms. The molecule has 0 radical (unpaired) electrons. The SMILES string of the molecule is CC1Oc2ccccc2N(CC(=O)NCC2CCOC2)C1=O.